The van der Waals surface area contributed by atoms with Crippen LogP contribution in [0, 0.1) is 29.8 Å². The summed E-state index contributed by atoms with van der Waals surface area (Å²) in [6.45, 7) is 7.96. The fourth-order valence-corrected chi connectivity index (χ4v) is 5.44. The van der Waals surface area contributed by atoms with Crippen molar-refractivity contribution in [3.63, 3.8) is 0 Å². The first-order valence-corrected chi connectivity index (χ1v) is 9.97. The molecule has 2 aromatic carbocycles. The van der Waals surface area contributed by atoms with Crippen molar-refractivity contribution in [3.05, 3.63) is 84.3 Å². The van der Waals surface area contributed by atoms with Gasteiger partial charge in [0.2, 0.25) is 0 Å². The Morgan fingerprint density at radius 3 is 2.00 bits per heavy atom. The van der Waals surface area contributed by atoms with Gasteiger partial charge in [-0.05, 0) is 24.5 Å². The molecule has 0 saturated heterocycles. The van der Waals surface area contributed by atoms with Gasteiger partial charge in [0.25, 0.3) is 0 Å². The van der Waals surface area contributed by atoms with Gasteiger partial charge >= 0.3 is 0 Å². The summed E-state index contributed by atoms with van der Waals surface area (Å²) in [5.41, 5.74) is 0.734. The highest BCUT2D eigenvalue weighted by atomic mass is 16.5. The summed E-state index contributed by atoms with van der Waals surface area (Å²) < 4.78 is 5.37. The summed E-state index contributed by atoms with van der Waals surface area (Å²) in [7, 11) is 0. The molecular weight excluding hydrogens is 348 g/mol. The van der Waals surface area contributed by atoms with Crippen molar-refractivity contribution in [2.45, 2.75) is 32.6 Å². The average Bonchev–Trinajstić information content (AvgIpc) is 3.33. The van der Waals surface area contributed by atoms with E-state index in [9.17, 15) is 9.59 Å². The standard InChI is InChI=1S/C25H26O3/c1-4-28-16-15-20-17(2)21(26)22-24(3,23(20)27)25(22,18-11-7-5-8-12-18)19-13-9-6-10-14-19/h5-14,16,20,22H,4,15H2,1-3H3/t20?,22-,24-/m1/s1. The zero-order valence-electron chi connectivity index (χ0n) is 16.6. The molecule has 28 heavy (non-hydrogen) atoms. The van der Waals surface area contributed by atoms with Gasteiger partial charge in [0, 0.05) is 29.8 Å². The normalized spacial score (nSPS) is 28.8. The molecular formula is C25H26O3. The van der Waals surface area contributed by atoms with Crippen molar-refractivity contribution in [2.24, 2.45) is 17.3 Å². The highest BCUT2D eigenvalue weighted by Crippen LogP contribution is 2.76. The predicted molar refractivity (Wildman–Crippen MR) is 108 cm³/mol. The van der Waals surface area contributed by atoms with Crippen LogP contribution in [0.2, 0.25) is 0 Å². The summed E-state index contributed by atoms with van der Waals surface area (Å²) in [5.74, 6) is 0.176. The molecule has 2 aliphatic rings. The summed E-state index contributed by atoms with van der Waals surface area (Å²) in [4.78, 5) is 27.2. The molecule has 0 N–H and O–H groups in total. The van der Waals surface area contributed by atoms with E-state index in [1.807, 2.05) is 81.4 Å². The first-order valence-electron chi connectivity index (χ1n) is 9.97. The monoisotopic (exact) mass is 374 g/mol. The van der Waals surface area contributed by atoms with Crippen LogP contribution >= 0.6 is 0 Å². The number of carbonyl (C=O) groups excluding carboxylic acids is 2. The largest absolute Gasteiger partial charge is 0.376 e. The number of fused-ring (bicyclic) bond motifs is 1. The van der Waals surface area contributed by atoms with Gasteiger partial charge in [-0.2, -0.15) is 0 Å². The molecule has 3 atom stereocenters. The third-order valence-electron chi connectivity index (χ3n) is 6.82. The van der Waals surface area contributed by atoms with Crippen molar-refractivity contribution in [2.75, 3.05) is 6.61 Å². The Bertz CT molecular complexity index is 834. The second-order valence-electron chi connectivity index (χ2n) is 8.00. The van der Waals surface area contributed by atoms with Crippen LogP contribution in [0.5, 0.6) is 0 Å². The Balaban J connectivity index is 1.84. The van der Waals surface area contributed by atoms with Gasteiger partial charge in [-0.15, -0.1) is 0 Å². The first-order chi connectivity index (χ1) is 13.5. The number of rotatable bonds is 6. The van der Waals surface area contributed by atoms with Crippen molar-refractivity contribution in [1.82, 2.24) is 0 Å². The van der Waals surface area contributed by atoms with Crippen LogP contribution in [-0.4, -0.2) is 18.2 Å². The van der Waals surface area contributed by atoms with Gasteiger partial charge in [0.1, 0.15) is 11.6 Å². The molecule has 2 aromatic rings. The quantitative estimate of drug-likeness (QED) is 0.696. The van der Waals surface area contributed by atoms with E-state index in [2.05, 4.69) is 0 Å². The van der Waals surface area contributed by atoms with Crippen molar-refractivity contribution < 1.29 is 14.3 Å². The fourth-order valence-electron chi connectivity index (χ4n) is 5.44. The molecule has 3 heteroatoms. The lowest BCUT2D eigenvalue weighted by Crippen LogP contribution is -2.39. The summed E-state index contributed by atoms with van der Waals surface area (Å²) in [6, 6.07) is 20.1. The van der Waals surface area contributed by atoms with E-state index in [1.54, 1.807) is 6.61 Å². The number of carbonyl (C=O) groups is 2. The van der Waals surface area contributed by atoms with Gasteiger partial charge in [0.05, 0.1) is 12.0 Å². The molecule has 0 spiro atoms. The zero-order chi connectivity index (χ0) is 19.9. The SMILES string of the molecule is CCO[CH]CC1[C](C)C(=O)[C@H]2C(c3ccccc3)(c3ccccc3)[C@@]2(C)C1=O. The predicted octanol–water partition coefficient (Wildman–Crippen LogP) is 4.56. The lowest BCUT2D eigenvalue weighted by atomic mass is 9.71. The average molecular weight is 374 g/mol. The van der Waals surface area contributed by atoms with E-state index in [0.717, 1.165) is 11.1 Å². The maximum absolute atomic E-state index is 13.8. The molecule has 2 radical (unpaired) electrons. The molecule has 3 nitrogen and oxygen atoms in total. The number of Topliss-reactive ketones (excluding diaryl/α,β-unsaturated/α-hetero) is 2. The Labute approximate surface area is 167 Å². The van der Waals surface area contributed by atoms with E-state index in [0.29, 0.717) is 18.9 Å². The fraction of sp³-hybridized carbons (Fsp3) is 0.360. The lowest BCUT2D eigenvalue weighted by Gasteiger charge is -2.30. The molecule has 144 valence electrons. The van der Waals surface area contributed by atoms with Gasteiger partial charge in [0.15, 0.2) is 0 Å². The number of benzene rings is 2. The summed E-state index contributed by atoms with van der Waals surface area (Å²) in [6.07, 6.45) is 0.451. The molecule has 0 aromatic heterocycles. The van der Waals surface area contributed by atoms with Crippen LogP contribution in [0.25, 0.3) is 0 Å². The molecule has 2 saturated carbocycles. The minimum atomic E-state index is -0.739. The second kappa shape index (κ2) is 6.97. The van der Waals surface area contributed by atoms with Crippen molar-refractivity contribution in [3.8, 4) is 0 Å². The van der Waals surface area contributed by atoms with Gasteiger partial charge < -0.3 is 4.74 Å². The highest BCUT2D eigenvalue weighted by Gasteiger charge is 2.83. The second-order valence-corrected chi connectivity index (χ2v) is 8.00. The third kappa shape index (κ3) is 2.39. The van der Waals surface area contributed by atoms with E-state index in [1.165, 1.54) is 0 Å². The van der Waals surface area contributed by atoms with Crippen molar-refractivity contribution in [1.29, 1.82) is 0 Å². The van der Waals surface area contributed by atoms with E-state index < -0.39 is 16.7 Å². The third-order valence-corrected chi connectivity index (χ3v) is 6.82. The Kier molecular flexibility index (Phi) is 4.75. The minimum absolute atomic E-state index is 0.115. The van der Waals surface area contributed by atoms with Crippen molar-refractivity contribution >= 4 is 11.6 Å². The topological polar surface area (TPSA) is 43.4 Å². The molecule has 4 rings (SSSR count). The van der Waals surface area contributed by atoms with Crippen LogP contribution in [-0.2, 0) is 19.7 Å². The molecule has 2 aliphatic carbocycles. The lowest BCUT2D eigenvalue weighted by molar-refractivity contribution is -0.135. The van der Waals surface area contributed by atoms with E-state index in [4.69, 9.17) is 4.74 Å². The number of ketones is 2. The summed E-state index contributed by atoms with van der Waals surface area (Å²) >= 11 is 0. The van der Waals surface area contributed by atoms with Gasteiger partial charge in [-0.3, -0.25) is 9.59 Å². The van der Waals surface area contributed by atoms with Crippen LogP contribution < -0.4 is 0 Å². The number of hydrogen-bond acceptors (Lipinski definition) is 3. The van der Waals surface area contributed by atoms with Crippen LogP contribution in [0.4, 0.5) is 0 Å². The Hall–Kier alpha value is -2.26. The minimum Gasteiger partial charge on any atom is -0.376 e. The molecule has 0 bridgehead atoms. The Morgan fingerprint density at radius 1 is 0.964 bits per heavy atom. The first kappa shape index (κ1) is 19.1. The van der Waals surface area contributed by atoms with Crippen LogP contribution in [0.15, 0.2) is 60.7 Å². The van der Waals surface area contributed by atoms with Crippen LogP contribution in [0.3, 0.4) is 0 Å². The molecule has 2 fully saturated rings. The van der Waals surface area contributed by atoms with E-state index in [-0.39, 0.29) is 17.5 Å². The number of ether oxygens (including phenoxy) is 1. The van der Waals surface area contributed by atoms with Gasteiger partial charge in [-0.25, -0.2) is 0 Å². The van der Waals surface area contributed by atoms with E-state index >= 15 is 0 Å². The maximum atomic E-state index is 13.8. The van der Waals surface area contributed by atoms with Crippen LogP contribution in [0.1, 0.15) is 38.3 Å². The molecule has 0 aliphatic heterocycles. The number of hydrogen-bond donors (Lipinski definition) is 0. The maximum Gasteiger partial charge on any atom is 0.145 e. The molecule has 0 amide bonds. The molecule has 0 heterocycles. The van der Waals surface area contributed by atoms with Gasteiger partial charge in [-0.1, -0.05) is 74.5 Å². The smallest absolute Gasteiger partial charge is 0.145 e. The Morgan fingerprint density at radius 2 is 1.50 bits per heavy atom. The molecule has 1 unspecified atom stereocenters. The summed E-state index contributed by atoms with van der Waals surface area (Å²) in [5, 5.41) is 0. The highest BCUT2D eigenvalue weighted by molar-refractivity contribution is 6.15. The zero-order valence-corrected chi connectivity index (χ0v) is 16.6.